The van der Waals surface area contributed by atoms with Gasteiger partial charge >= 0.3 is 5.97 Å². The number of esters is 1. The molecule has 0 aromatic heterocycles. The van der Waals surface area contributed by atoms with E-state index in [0.717, 1.165) is 38.5 Å². The van der Waals surface area contributed by atoms with Gasteiger partial charge in [0.05, 0.1) is 25.4 Å². The Morgan fingerprint density at radius 3 is 0.855 bits per heavy atom. The largest absolute Gasteiger partial charge is 0.466 e. The number of aliphatic hydroxyl groups excluding tert-OH is 2. The monoisotopic (exact) mass is 1170 g/mol. The molecule has 494 valence electrons. The van der Waals surface area contributed by atoms with E-state index in [1.54, 1.807) is 0 Å². The first-order chi connectivity index (χ1) is 41.0. The summed E-state index contributed by atoms with van der Waals surface area (Å²) in [6.45, 7) is 5.00. The molecule has 3 N–H and O–H groups in total. The van der Waals surface area contributed by atoms with Gasteiger partial charge in [-0.15, -0.1) is 0 Å². The van der Waals surface area contributed by atoms with Crippen LogP contribution in [0, 0.1) is 0 Å². The molecule has 1 amide bonds. The van der Waals surface area contributed by atoms with Gasteiger partial charge in [0, 0.05) is 12.8 Å². The minimum Gasteiger partial charge on any atom is -0.466 e. The Balaban J connectivity index is 3.35. The zero-order chi connectivity index (χ0) is 59.9. The summed E-state index contributed by atoms with van der Waals surface area (Å²) < 4.78 is 5.51. The number of carbonyl (C=O) groups excluding carboxylic acids is 2. The number of nitrogens with one attached hydrogen (secondary N) is 1. The second-order valence-corrected chi connectivity index (χ2v) is 26.7. The lowest BCUT2D eigenvalue weighted by molar-refractivity contribution is -0.143. The molecule has 2 unspecified atom stereocenters. The molecular weight excluding hydrogens is 1020 g/mol. The fourth-order valence-electron chi connectivity index (χ4n) is 12.5. The van der Waals surface area contributed by atoms with Gasteiger partial charge in [-0.1, -0.05) is 392 Å². The zero-order valence-corrected chi connectivity index (χ0v) is 56.7. The fourth-order valence-corrected chi connectivity index (χ4v) is 12.5. The summed E-state index contributed by atoms with van der Waals surface area (Å²) in [7, 11) is 0. The molecule has 2 atom stereocenters. The molecule has 0 heterocycles. The van der Waals surface area contributed by atoms with Gasteiger partial charge in [0.1, 0.15) is 0 Å². The Hall–Kier alpha value is -1.40. The van der Waals surface area contributed by atoms with E-state index in [4.69, 9.17) is 4.74 Å². The summed E-state index contributed by atoms with van der Waals surface area (Å²) in [6, 6.07) is -0.541. The van der Waals surface area contributed by atoms with Crippen LogP contribution in [-0.2, 0) is 14.3 Å². The molecule has 0 aromatic carbocycles. The van der Waals surface area contributed by atoms with Crippen molar-refractivity contribution in [1.82, 2.24) is 5.32 Å². The third-order valence-electron chi connectivity index (χ3n) is 18.3. The van der Waals surface area contributed by atoms with Crippen LogP contribution < -0.4 is 5.32 Å². The van der Waals surface area contributed by atoms with E-state index in [1.165, 1.54) is 372 Å². The number of hydrogen-bond acceptors (Lipinski definition) is 5. The lowest BCUT2D eigenvalue weighted by Gasteiger charge is -2.22. The second-order valence-electron chi connectivity index (χ2n) is 26.7. The van der Waals surface area contributed by atoms with Gasteiger partial charge in [-0.25, -0.2) is 0 Å². The molecule has 0 fully saturated rings. The molecule has 0 saturated carbocycles. The minimum atomic E-state index is -0.664. The lowest BCUT2D eigenvalue weighted by atomic mass is 10.0. The smallest absolute Gasteiger partial charge is 0.305 e. The molecule has 0 spiro atoms. The highest BCUT2D eigenvalue weighted by molar-refractivity contribution is 5.76. The lowest BCUT2D eigenvalue weighted by Crippen LogP contribution is -2.45. The number of rotatable bonds is 73. The van der Waals surface area contributed by atoms with E-state index in [-0.39, 0.29) is 18.5 Å². The maximum atomic E-state index is 12.6. The van der Waals surface area contributed by atoms with Gasteiger partial charge < -0.3 is 20.3 Å². The van der Waals surface area contributed by atoms with Crippen LogP contribution in [0.5, 0.6) is 0 Å². The van der Waals surface area contributed by atoms with E-state index < -0.39 is 12.1 Å². The first-order valence-corrected chi connectivity index (χ1v) is 38.4. The van der Waals surface area contributed by atoms with Crippen molar-refractivity contribution >= 4 is 11.9 Å². The Morgan fingerprint density at radius 2 is 0.566 bits per heavy atom. The van der Waals surface area contributed by atoms with E-state index in [9.17, 15) is 19.8 Å². The molecule has 83 heavy (non-hydrogen) atoms. The van der Waals surface area contributed by atoms with Gasteiger partial charge in [-0.2, -0.15) is 0 Å². The number of allylic oxidation sites excluding steroid dienone is 2. The van der Waals surface area contributed by atoms with Crippen LogP contribution >= 0.6 is 0 Å². The molecule has 0 saturated heterocycles. The number of hydrogen-bond donors (Lipinski definition) is 3. The van der Waals surface area contributed by atoms with Crippen LogP contribution in [-0.4, -0.2) is 47.4 Å². The summed E-state index contributed by atoms with van der Waals surface area (Å²) >= 11 is 0. The van der Waals surface area contributed by atoms with Crippen LogP contribution in [0.15, 0.2) is 12.2 Å². The molecule has 0 rings (SSSR count). The van der Waals surface area contributed by atoms with Crippen LogP contribution in [0.1, 0.15) is 444 Å². The average molecular weight is 1170 g/mol. The predicted molar refractivity (Wildman–Crippen MR) is 366 cm³/mol. The van der Waals surface area contributed by atoms with Crippen molar-refractivity contribution in [2.24, 2.45) is 0 Å². The number of carbonyl (C=O) groups is 2. The quantitative estimate of drug-likeness (QED) is 0.0320. The summed E-state index contributed by atoms with van der Waals surface area (Å²) in [5.41, 5.74) is 0. The summed E-state index contributed by atoms with van der Waals surface area (Å²) in [6.07, 6.45) is 91.4. The van der Waals surface area contributed by atoms with E-state index in [0.29, 0.717) is 25.9 Å². The third kappa shape index (κ3) is 69.6. The van der Waals surface area contributed by atoms with Crippen LogP contribution in [0.2, 0.25) is 0 Å². The topological polar surface area (TPSA) is 95.9 Å². The van der Waals surface area contributed by atoms with Gasteiger partial charge in [0.15, 0.2) is 0 Å². The van der Waals surface area contributed by atoms with Crippen LogP contribution in [0.25, 0.3) is 0 Å². The highest BCUT2D eigenvalue weighted by Crippen LogP contribution is 2.20. The molecular formula is C77H151NO5. The second kappa shape index (κ2) is 73.1. The predicted octanol–water partition coefficient (Wildman–Crippen LogP) is 25.1. The Kier molecular flexibility index (Phi) is 71.8. The number of unbranched alkanes of at least 4 members (excludes halogenated alkanes) is 60. The molecule has 6 nitrogen and oxygen atoms in total. The van der Waals surface area contributed by atoms with Crippen molar-refractivity contribution in [3.8, 4) is 0 Å². The zero-order valence-electron chi connectivity index (χ0n) is 56.7. The van der Waals surface area contributed by atoms with Crippen molar-refractivity contribution in [3.63, 3.8) is 0 Å². The number of ether oxygens (including phenoxy) is 1. The molecule has 0 aromatic rings. The van der Waals surface area contributed by atoms with E-state index in [1.807, 2.05) is 0 Å². The molecule has 0 bridgehead atoms. The van der Waals surface area contributed by atoms with Crippen molar-refractivity contribution < 1.29 is 24.5 Å². The summed E-state index contributed by atoms with van der Waals surface area (Å²) in [5, 5.41) is 23.5. The minimum absolute atomic E-state index is 0.0166. The van der Waals surface area contributed by atoms with Crippen molar-refractivity contribution in [1.29, 1.82) is 0 Å². The number of amides is 1. The molecule has 0 radical (unpaired) electrons. The van der Waals surface area contributed by atoms with Gasteiger partial charge in [0.25, 0.3) is 0 Å². The Bertz CT molecular complexity index is 1260. The highest BCUT2D eigenvalue weighted by Gasteiger charge is 2.20. The molecule has 0 aliphatic carbocycles. The Labute approximate surface area is 520 Å². The van der Waals surface area contributed by atoms with Crippen LogP contribution in [0.3, 0.4) is 0 Å². The summed E-state index contributed by atoms with van der Waals surface area (Å²) in [5.74, 6) is -0.0114. The summed E-state index contributed by atoms with van der Waals surface area (Å²) in [4.78, 5) is 24.7. The molecule has 6 heteroatoms. The standard InChI is InChI=1S/C77H151NO5/c1-3-5-7-9-11-13-15-17-19-21-23-24-27-30-34-37-41-45-49-53-57-61-65-69-75(80)74(73-79)78-76(81)70-66-62-58-54-50-46-42-38-35-31-28-25-26-29-32-36-40-44-48-52-56-60-64-68-72-83-77(82)71-67-63-59-55-51-47-43-39-33-22-20-18-16-14-12-10-8-6-4-2/h18,20,74-75,79-80H,3-17,19,21-73H2,1-2H3,(H,78,81)/b20-18-. The van der Waals surface area contributed by atoms with Crippen LogP contribution in [0.4, 0.5) is 0 Å². The van der Waals surface area contributed by atoms with E-state index >= 15 is 0 Å². The Morgan fingerprint density at radius 1 is 0.325 bits per heavy atom. The van der Waals surface area contributed by atoms with Gasteiger partial charge in [-0.3, -0.25) is 9.59 Å². The number of aliphatic hydroxyl groups is 2. The highest BCUT2D eigenvalue weighted by atomic mass is 16.5. The van der Waals surface area contributed by atoms with Gasteiger partial charge in [-0.05, 0) is 51.4 Å². The van der Waals surface area contributed by atoms with Crippen molar-refractivity contribution in [3.05, 3.63) is 12.2 Å². The van der Waals surface area contributed by atoms with E-state index in [2.05, 4.69) is 31.3 Å². The average Bonchev–Trinajstić information content (AvgIpc) is 3.49. The molecule has 0 aliphatic heterocycles. The van der Waals surface area contributed by atoms with Gasteiger partial charge in [0.2, 0.25) is 5.91 Å². The van der Waals surface area contributed by atoms with Crippen molar-refractivity contribution in [2.45, 2.75) is 456 Å². The molecule has 0 aliphatic rings. The fraction of sp³-hybridized carbons (Fsp3) is 0.948. The maximum absolute atomic E-state index is 12.6. The SMILES string of the molecule is CCCCCCCC/C=C\CCCCCCCCCCCC(=O)OCCCCCCCCCCCCCCCCCCCCCCCCCCC(=O)NC(CO)C(O)CCCCCCCCCCCCCCCCCCCCCCCCC. The maximum Gasteiger partial charge on any atom is 0.305 e. The normalized spacial score (nSPS) is 12.5. The van der Waals surface area contributed by atoms with Crippen molar-refractivity contribution in [2.75, 3.05) is 13.2 Å². The first kappa shape index (κ1) is 81.6. The first-order valence-electron chi connectivity index (χ1n) is 38.4. The third-order valence-corrected chi connectivity index (χ3v) is 18.3.